The van der Waals surface area contributed by atoms with Crippen LogP contribution in [0.15, 0.2) is 10.9 Å². The number of aromatic nitrogens is 1. The number of carbonyl (C=O) groups excluding carboxylic acids is 1. The van der Waals surface area contributed by atoms with Gasteiger partial charge in [0.2, 0.25) is 0 Å². The summed E-state index contributed by atoms with van der Waals surface area (Å²) in [6.07, 6.45) is 4.38. The lowest BCUT2D eigenvalue weighted by atomic mass is 9.76. The van der Waals surface area contributed by atoms with Gasteiger partial charge in [-0.15, -0.1) is 0 Å². The summed E-state index contributed by atoms with van der Waals surface area (Å²) in [4.78, 5) is 27.8. The van der Waals surface area contributed by atoms with Gasteiger partial charge in [0.15, 0.2) is 0 Å². The number of amides is 1. The highest BCUT2D eigenvalue weighted by Crippen LogP contribution is 2.35. The lowest BCUT2D eigenvalue weighted by molar-refractivity contribution is -0.0878. The molecule has 0 unspecified atom stereocenters. The molecule has 1 aliphatic heterocycles. The van der Waals surface area contributed by atoms with Gasteiger partial charge in [0.05, 0.1) is 16.2 Å². The molecule has 1 aromatic rings. The number of hydrogen-bond acceptors (Lipinski definition) is 5. The Balaban J connectivity index is 1.50. The highest BCUT2D eigenvalue weighted by molar-refractivity contribution is 6.31. The number of nitrogens with one attached hydrogen (secondary N) is 1. The Hall–Kier alpha value is -1.41. The van der Waals surface area contributed by atoms with Gasteiger partial charge in [0.25, 0.3) is 11.5 Å². The fourth-order valence-corrected chi connectivity index (χ4v) is 5.18. The smallest absolute Gasteiger partial charge is 0.263 e. The summed E-state index contributed by atoms with van der Waals surface area (Å²) in [5.74, 6) is -0.0394. The van der Waals surface area contributed by atoms with Crippen LogP contribution in [-0.4, -0.2) is 63.0 Å². The minimum Gasteiger partial charge on any atom is -0.390 e. The molecule has 1 amide bonds. The fourth-order valence-electron chi connectivity index (χ4n) is 4.98. The molecule has 180 valence electrons. The zero-order valence-electron chi connectivity index (χ0n) is 19.8. The maximum absolute atomic E-state index is 12.8. The Morgan fingerprint density at radius 3 is 2.38 bits per heavy atom. The predicted octanol–water partition coefficient (Wildman–Crippen LogP) is 2.89. The van der Waals surface area contributed by atoms with Gasteiger partial charge >= 0.3 is 0 Å². The van der Waals surface area contributed by atoms with Crippen LogP contribution in [0, 0.1) is 12.8 Å². The second-order valence-corrected chi connectivity index (χ2v) is 10.8. The third-order valence-corrected chi connectivity index (χ3v) is 7.61. The number of β-amino-alcohol motifs (C(OH)–C–C–N with tert-alkyl or cyclic N) is 1. The first-order chi connectivity index (χ1) is 14.9. The average molecular weight is 468 g/mol. The molecular formula is C24H38ClN3O4. The summed E-state index contributed by atoms with van der Waals surface area (Å²) in [6.45, 7) is 10.3. The van der Waals surface area contributed by atoms with E-state index in [2.05, 4.69) is 10.2 Å². The molecule has 3 rings (SSSR count). The Kier molecular flexibility index (Phi) is 7.75. The Morgan fingerprint density at radius 2 is 1.81 bits per heavy atom. The molecule has 0 atom stereocenters. The van der Waals surface area contributed by atoms with E-state index in [1.165, 1.54) is 6.07 Å². The maximum atomic E-state index is 12.8. The third-order valence-electron chi connectivity index (χ3n) is 7.22. The van der Waals surface area contributed by atoms with Crippen molar-refractivity contribution in [2.75, 3.05) is 26.2 Å². The van der Waals surface area contributed by atoms with Crippen molar-refractivity contribution in [3.63, 3.8) is 0 Å². The quantitative estimate of drug-likeness (QED) is 0.598. The van der Waals surface area contributed by atoms with Crippen LogP contribution < -0.4 is 10.9 Å². The first kappa shape index (κ1) is 25.2. The molecule has 7 nitrogen and oxygen atoms in total. The van der Waals surface area contributed by atoms with E-state index in [-0.39, 0.29) is 23.1 Å². The molecule has 1 saturated heterocycles. The third kappa shape index (κ3) is 5.93. The summed E-state index contributed by atoms with van der Waals surface area (Å²) in [7, 11) is 0. The van der Waals surface area contributed by atoms with Gasteiger partial charge in [-0.1, -0.05) is 11.6 Å². The number of hydrogen-bond donors (Lipinski definition) is 3. The van der Waals surface area contributed by atoms with E-state index in [9.17, 15) is 19.8 Å². The van der Waals surface area contributed by atoms with Crippen LogP contribution >= 0.6 is 11.6 Å². The van der Waals surface area contributed by atoms with Gasteiger partial charge in [-0.05, 0) is 91.3 Å². The minimum absolute atomic E-state index is 0.0813. The summed E-state index contributed by atoms with van der Waals surface area (Å²) >= 11 is 6.27. The van der Waals surface area contributed by atoms with Gasteiger partial charge in [-0.3, -0.25) is 9.59 Å². The first-order valence-corrected chi connectivity index (χ1v) is 12.2. The Labute approximate surface area is 195 Å². The fraction of sp³-hybridized carbons (Fsp3) is 0.750. The topological polar surface area (TPSA) is 94.8 Å². The van der Waals surface area contributed by atoms with Crippen LogP contribution in [0.2, 0.25) is 5.02 Å². The zero-order valence-corrected chi connectivity index (χ0v) is 20.5. The molecule has 32 heavy (non-hydrogen) atoms. The molecule has 0 radical (unpaired) electrons. The Morgan fingerprint density at radius 1 is 1.22 bits per heavy atom. The summed E-state index contributed by atoms with van der Waals surface area (Å²) in [5, 5.41) is 24.4. The molecule has 1 saturated carbocycles. The molecule has 0 spiro atoms. The van der Waals surface area contributed by atoms with Crippen molar-refractivity contribution in [1.82, 2.24) is 14.8 Å². The number of pyridine rings is 1. The maximum Gasteiger partial charge on any atom is 0.263 e. The van der Waals surface area contributed by atoms with Crippen LogP contribution in [0.4, 0.5) is 0 Å². The number of likely N-dealkylation sites (tertiary alicyclic amines) is 1. The van der Waals surface area contributed by atoms with Gasteiger partial charge in [-0.2, -0.15) is 0 Å². The zero-order chi connectivity index (χ0) is 23.7. The predicted molar refractivity (Wildman–Crippen MR) is 126 cm³/mol. The van der Waals surface area contributed by atoms with E-state index in [4.69, 9.17) is 11.6 Å². The van der Waals surface area contributed by atoms with E-state index in [1.54, 1.807) is 11.5 Å². The highest BCUT2D eigenvalue weighted by atomic mass is 35.5. The summed E-state index contributed by atoms with van der Waals surface area (Å²) in [5.41, 5.74) is -0.933. The SMILES string of the molecule is Cc1c(Cl)cc(C(=O)NCC2CCN(CC3(O)CCC(C)(O)CC3)CC2)c(=O)n1C(C)C. The molecule has 2 fully saturated rings. The van der Waals surface area contributed by atoms with Crippen LogP contribution in [0.25, 0.3) is 0 Å². The normalized spacial score (nSPS) is 27.6. The molecular weight excluding hydrogens is 430 g/mol. The highest BCUT2D eigenvalue weighted by Gasteiger charge is 2.39. The molecule has 8 heteroatoms. The van der Waals surface area contributed by atoms with E-state index in [0.29, 0.717) is 55.4 Å². The van der Waals surface area contributed by atoms with E-state index in [0.717, 1.165) is 25.9 Å². The molecule has 2 aliphatic rings. The number of halogens is 1. The van der Waals surface area contributed by atoms with E-state index >= 15 is 0 Å². The van der Waals surface area contributed by atoms with E-state index in [1.807, 2.05) is 20.8 Å². The van der Waals surface area contributed by atoms with Crippen LogP contribution in [0.1, 0.15) is 81.4 Å². The van der Waals surface area contributed by atoms with Crippen LogP contribution in [0.5, 0.6) is 0 Å². The Bertz CT molecular complexity index is 878. The molecule has 1 aliphatic carbocycles. The number of nitrogens with zero attached hydrogens (tertiary/aromatic N) is 2. The molecule has 1 aromatic heterocycles. The van der Waals surface area contributed by atoms with Crippen molar-refractivity contribution in [3.05, 3.63) is 32.7 Å². The molecule has 0 aromatic carbocycles. The minimum atomic E-state index is -0.718. The molecule has 3 N–H and O–H groups in total. The van der Waals surface area contributed by atoms with Crippen molar-refractivity contribution in [3.8, 4) is 0 Å². The van der Waals surface area contributed by atoms with Gasteiger partial charge in [-0.25, -0.2) is 0 Å². The standard InChI is InChI=1S/C24H38ClN3O4/c1-16(2)28-17(3)20(25)13-19(22(28)30)21(29)26-14-18-5-11-27(12-6-18)15-24(32)9-7-23(4,31)8-10-24/h13,16,18,31-32H,5-12,14-15H2,1-4H3,(H,26,29). The lowest BCUT2D eigenvalue weighted by Gasteiger charge is -2.43. The monoisotopic (exact) mass is 467 g/mol. The molecule has 0 bridgehead atoms. The number of aliphatic hydroxyl groups is 2. The van der Waals surface area contributed by atoms with Crippen molar-refractivity contribution >= 4 is 17.5 Å². The number of rotatable bonds is 6. The first-order valence-electron chi connectivity index (χ1n) is 11.8. The molecule has 2 heterocycles. The van der Waals surface area contributed by atoms with Gasteiger partial charge < -0.3 is 25.0 Å². The van der Waals surface area contributed by atoms with Gasteiger partial charge in [0.1, 0.15) is 5.56 Å². The second-order valence-electron chi connectivity index (χ2n) is 10.4. The largest absolute Gasteiger partial charge is 0.390 e. The van der Waals surface area contributed by atoms with E-state index < -0.39 is 11.2 Å². The van der Waals surface area contributed by atoms with Gasteiger partial charge in [0, 0.05) is 24.8 Å². The average Bonchev–Trinajstić information content (AvgIpc) is 2.72. The lowest BCUT2D eigenvalue weighted by Crippen LogP contribution is -2.50. The summed E-state index contributed by atoms with van der Waals surface area (Å²) < 4.78 is 1.56. The number of piperidine rings is 1. The summed E-state index contributed by atoms with van der Waals surface area (Å²) in [6, 6.07) is 1.39. The van der Waals surface area contributed by atoms with Crippen molar-refractivity contribution in [2.45, 2.75) is 83.5 Å². The van der Waals surface area contributed by atoms with Crippen molar-refractivity contribution < 1.29 is 15.0 Å². The van der Waals surface area contributed by atoms with Crippen LogP contribution in [0.3, 0.4) is 0 Å². The van der Waals surface area contributed by atoms with Crippen LogP contribution in [-0.2, 0) is 0 Å². The van der Waals surface area contributed by atoms with Crippen molar-refractivity contribution in [1.29, 1.82) is 0 Å². The van der Waals surface area contributed by atoms with Crippen molar-refractivity contribution in [2.24, 2.45) is 5.92 Å². The number of carbonyl (C=O) groups is 1. The second kappa shape index (κ2) is 9.84.